The number of pyridine rings is 1. The van der Waals surface area contributed by atoms with Crippen LogP contribution in [0.5, 0.6) is 5.75 Å². The molecule has 4 N–H and O–H groups in total. The van der Waals surface area contributed by atoms with Gasteiger partial charge in [0.25, 0.3) is 11.8 Å². The molecule has 15 nitrogen and oxygen atoms in total. The number of amides is 3. The first kappa shape index (κ1) is 42.5. The Hall–Kier alpha value is -6.25. The lowest BCUT2D eigenvalue weighted by Crippen LogP contribution is -2.31. The van der Waals surface area contributed by atoms with Gasteiger partial charge in [0.1, 0.15) is 17.3 Å². The molecule has 1 heterocycles. The Morgan fingerprint density at radius 3 is 2.30 bits per heavy atom. The van der Waals surface area contributed by atoms with Gasteiger partial charge >= 0.3 is 18.2 Å². The number of nitrogens with zero attached hydrogens (tertiary/aromatic N) is 1. The van der Waals surface area contributed by atoms with Gasteiger partial charge in [0.2, 0.25) is 6.29 Å². The summed E-state index contributed by atoms with van der Waals surface area (Å²) in [4.78, 5) is 69.5. The zero-order valence-electron chi connectivity index (χ0n) is 32.3. The van der Waals surface area contributed by atoms with Crippen LogP contribution in [0.3, 0.4) is 0 Å². The second-order valence-corrected chi connectivity index (χ2v) is 13.3. The summed E-state index contributed by atoms with van der Waals surface area (Å²) < 4.78 is 26.2. The van der Waals surface area contributed by atoms with E-state index in [0.717, 1.165) is 38.5 Å². The van der Waals surface area contributed by atoms with Crippen LogP contribution < -0.4 is 20.7 Å². The van der Waals surface area contributed by atoms with Gasteiger partial charge in [-0.05, 0) is 87.6 Å². The zero-order chi connectivity index (χ0) is 40.8. The van der Waals surface area contributed by atoms with Crippen molar-refractivity contribution >= 4 is 47.6 Å². The summed E-state index contributed by atoms with van der Waals surface area (Å²) in [5.41, 5.74) is 1.15. The van der Waals surface area contributed by atoms with Gasteiger partial charge in [-0.25, -0.2) is 19.4 Å². The van der Waals surface area contributed by atoms with Crippen LogP contribution in [-0.4, -0.2) is 73.5 Å². The summed E-state index contributed by atoms with van der Waals surface area (Å²) in [6, 6.07) is 12.2. The van der Waals surface area contributed by atoms with Crippen molar-refractivity contribution in [1.82, 2.24) is 15.6 Å². The van der Waals surface area contributed by atoms with Gasteiger partial charge in [0.15, 0.2) is 5.69 Å². The number of esters is 1. The van der Waals surface area contributed by atoms with E-state index in [9.17, 15) is 24.0 Å². The van der Waals surface area contributed by atoms with Gasteiger partial charge in [-0.2, -0.15) is 0 Å². The Balaban J connectivity index is 1.63. The third-order valence-corrected chi connectivity index (χ3v) is 8.45. The van der Waals surface area contributed by atoms with Crippen LogP contribution in [0.2, 0.25) is 0 Å². The molecule has 298 valence electrons. The minimum atomic E-state index is -1.41. The number of nitrogens with one attached hydrogen (secondary N) is 4. The zero-order valence-corrected chi connectivity index (χ0v) is 32.3. The number of hydrogen-bond acceptors (Lipinski definition) is 12. The maximum absolute atomic E-state index is 14.0. The molecule has 15 heteroatoms. The normalized spacial score (nSPS) is 12.5. The Morgan fingerprint density at radius 2 is 1.66 bits per heavy atom. The highest BCUT2D eigenvalue weighted by molar-refractivity contribution is 6.11. The lowest BCUT2D eigenvalue weighted by Gasteiger charge is -2.18. The topological polar surface area (TPSA) is 204 Å². The molecule has 0 saturated heterocycles. The first-order valence-electron chi connectivity index (χ1n) is 18.5. The first-order chi connectivity index (χ1) is 26.8. The van der Waals surface area contributed by atoms with Gasteiger partial charge in [0, 0.05) is 47.0 Å². The number of amidine groups is 1. The first-order valence-corrected chi connectivity index (χ1v) is 18.5. The molecule has 1 aromatic heterocycles. The van der Waals surface area contributed by atoms with Crippen LogP contribution in [0, 0.1) is 11.3 Å². The number of aromatic nitrogens is 1. The van der Waals surface area contributed by atoms with Crippen molar-refractivity contribution in [3.05, 3.63) is 83.2 Å². The van der Waals surface area contributed by atoms with E-state index in [1.165, 1.54) is 44.4 Å². The molecule has 3 amide bonds. The number of methoxy groups -OCH3 is 1. The minimum Gasteiger partial charge on any atom is -0.496 e. The summed E-state index contributed by atoms with van der Waals surface area (Å²) in [5.74, 6) is -1.63. The molecule has 1 saturated carbocycles. The third kappa shape index (κ3) is 12.4. The Morgan fingerprint density at radius 1 is 0.929 bits per heavy atom. The average Bonchev–Trinajstić information content (AvgIpc) is 4.00. The number of carbonyl (C=O) groups excluding carboxylic acids is 5. The molecule has 0 bridgehead atoms. The van der Waals surface area contributed by atoms with Crippen molar-refractivity contribution in [1.29, 1.82) is 5.41 Å². The number of ether oxygens (including phenoxy) is 5. The molecule has 1 unspecified atom stereocenters. The highest BCUT2D eigenvalue weighted by Gasteiger charge is 2.28. The summed E-state index contributed by atoms with van der Waals surface area (Å²) in [5, 5.41) is 16.3. The number of rotatable bonds is 18. The molecule has 3 aromatic rings. The van der Waals surface area contributed by atoms with Gasteiger partial charge in [-0.3, -0.25) is 20.3 Å². The molecule has 4 rings (SSSR count). The molecular weight excluding hydrogens is 722 g/mol. The van der Waals surface area contributed by atoms with Crippen molar-refractivity contribution in [3.8, 4) is 16.9 Å². The van der Waals surface area contributed by atoms with E-state index < -0.39 is 42.4 Å². The number of unbranched alkanes of at least 4 members (excludes halogenated alkanes) is 3. The molecule has 0 spiro atoms. The van der Waals surface area contributed by atoms with Gasteiger partial charge in [0.05, 0.1) is 19.8 Å². The summed E-state index contributed by atoms with van der Waals surface area (Å²) in [6.07, 6.45) is 3.65. The average molecular weight is 772 g/mol. The van der Waals surface area contributed by atoms with E-state index in [4.69, 9.17) is 29.1 Å². The predicted octanol–water partition coefficient (Wildman–Crippen LogP) is 7.49. The molecule has 0 aliphatic heterocycles. The number of carbonyl (C=O) groups is 5. The predicted molar refractivity (Wildman–Crippen MR) is 209 cm³/mol. The van der Waals surface area contributed by atoms with Crippen LogP contribution >= 0.6 is 0 Å². The molecule has 1 fully saturated rings. The fourth-order valence-corrected chi connectivity index (χ4v) is 5.36. The maximum atomic E-state index is 14.0. The molecule has 2 aromatic carbocycles. The largest absolute Gasteiger partial charge is 0.511 e. The highest BCUT2D eigenvalue weighted by atomic mass is 16.8. The van der Waals surface area contributed by atoms with E-state index in [1.807, 2.05) is 0 Å². The fraction of sp³-hybridized carbons (Fsp3) is 0.390. The summed E-state index contributed by atoms with van der Waals surface area (Å²) in [6.45, 7) is 11.2. The fourth-order valence-electron chi connectivity index (χ4n) is 5.36. The lowest BCUT2D eigenvalue weighted by molar-refractivity contribution is -0.0868. The number of hydrogen-bond donors (Lipinski definition) is 4. The van der Waals surface area contributed by atoms with E-state index in [1.54, 1.807) is 38.1 Å². The Labute approximate surface area is 326 Å². The third-order valence-electron chi connectivity index (χ3n) is 8.45. The highest BCUT2D eigenvalue weighted by Crippen LogP contribution is 2.35. The van der Waals surface area contributed by atoms with Gasteiger partial charge < -0.3 is 34.3 Å². The van der Waals surface area contributed by atoms with Crippen LogP contribution in [0.25, 0.3) is 17.2 Å². The van der Waals surface area contributed by atoms with Crippen LogP contribution in [0.1, 0.15) is 109 Å². The van der Waals surface area contributed by atoms with Crippen molar-refractivity contribution in [2.24, 2.45) is 5.92 Å². The second kappa shape index (κ2) is 20.4. The van der Waals surface area contributed by atoms with Crippen molar-refractivity contribution in [2.45, 2.75) is 78.6 Å². The Kier molecular flexibility index (Phi) is 15.5. The monoisotopic (exact) mass is 771 g/mol. The maximum Gasteiger partial charge on any atom is 0.511 e. The van der Waals surface area contributed by atoms with Crippen molar-refractivity contribution < 1.29 is 47.7 Å². The molecule has 1 aliphatic carbocycles. The van der Waals surface area contributed by atoms with Crippen molar-refractivity contribution in [3.63, 3.8) is 0 Å². The van der Waals surface area contributed by atoms with Gasteiger partial charge in [-0.1, -0.05) is 38.8 Å². The quantitative estimate of drug-likeness (QED) is 0.0249. The molecule has 1 aliphatic rings. The minimum absolute atomic E-state index is 0.0739. The van der Waals surface area contributed by atoms with Crippen LogP contribution in [0.4, 0.5) is 15.3 Å². The van der Waals surface area contributed by atoms with E-state index in [0.29, 0.717) is 35.0 Å². The van der Waals surface area contributed by atoms with Crippen LogP contribution in [-0.2, 0) is 18.9 Å². The van der Waals surface area contributed by atoms with E-state index >= 15 is 0 Å². The van der Waals surface area contributed by atoms with Gasteiger partial charge in [-0.15, -0.1) is 0 Å². The lowest BCUT2D eigenvalue weighted by atomic mass is 9.94. The summed E-state index contributed by atoms with van der Waals surface area (Å²) in [7, 11) is 1.43. The number of alkyl carbamates (subject to hydrolysis) is 1. The smallest absolute Gasteiger partial charge is 0.496 e. The number of benzene rings is 2. The van der Waals surface area contributed by atoms with E-state index in [-0.39, 0.29) is 40.5 Å². The standard InChI is InChI=1S/C41H49N5O10/c1-7-9-10-11-20-53-40(50)46-36(42)28-14-16-29(17-15-28)44-37(47)32-21-27(8-2)34(52-6)22-31(32)30-18-19-33(38(48)43-23-26-12-13-26)45-35(30)39(49)55-25(5)56-41(51)54-24(3)4/h8,14-19,21-22,24-26H,2,7,9-13,20,23H2,1,3-6H3,(H,43,48)(H,44,47)(H2,42,46,50). The Bertz CT molecular complexity index is 1920. The molecule has 56 heavy (non-hydrogen) atoms. The molecule has 0 radical (unpaired) electrons. The summed E-state index contributed by atoms with van der Waals surface area (Å²) >= 11 is 0. The number of anilines is 1. The molecule has 1 atom stereocenters. The molecular formula is C41H49N5O10. The second-order valence-electron chi connectivity index (χ2n) is 13.3. The van der Waals surface area contributed by atoms with Crippen molar-refractivity contribution in [2.75, 3.05) is 25.6 Å². The SMILES string of the molecule is C=Cc1cc(C(=O)Nc2ccc(C(=N)NC(=O)OCCCCCC)cc2)c(-c2ccc(C(=O)NCC3CC3)nc2C(=O)OC(C)OC(=O)OC(C)C)cc1OC. The van der Waals surface area contributed by atoms with E-state index in [2.05, 4.69) is 34.4 Å². The van der Waals surface area contributed by atoms with Crippen LogP contribution in [0.15, 0.2) is 55.1 Å².